The highest BCUT2D eigenvalue weighted by Gasteiger charge is 2.59. The number of benzene rings is 2. The standard InChI is InChI=1S/C25H24ClN3O3/c1-28(2)19-10-9-17(21(12-19)32-14-18-5-3-4-6-20(18)26)13-27-29-24(30)22-15-7-8-16(11-15)23(22)25(29)31/h3-10,12-13,15-16,22-23H,11,14H2,1-2H3/t15-,16-,22-,23+/m0/s1. The smallest absolute Gasteiger partial charge is 0.254 e. The van der Waals surface area contributed by atoms with E-state index >= 15 is 0 Å². The van der Waals surface area contributed by atoms with Crippen molar-refractivity contribution in [1.82, 2.24) is 5.01 Å². The Morgan fingerprint density at radius 3 is 2.44 bits per heavy atom. The van der Waals surface area contributed by atoms with Crippen molar-refractivity contribution >= 4 is 35.3 Å². The van der Waals surface area contributed by atoms with Crippen LogP contribution >= 0.6 is 11.6 Å². The van der Waals surface area contributed by atoms with Crippen molar-refractivity contribution in [2.45, 2.75) is 13.0 Å². The quantitative estimate of drug-likeness (QED) is 0.378. The second-order valence-electron chi connectivity index (χ2n) is 8.73. The molecule has 0 spiro atoms. The monoisotopic (exact) mass is 449 g/mol. The van der Waals surface area contributed by atoms with Crippen LogP contribution in [0.3, 0.4) is 0 Å². The summed E-state index contributed by atoms with van der Waals surface area (Å²) in [6.07, 6.45) is 6.58. The number of fused-ring (bicyclic) bond motifs is 5. The molecule has 2 aromatic carbocycles. The van der Waals surface area contributed by atoms with Gasteiger partial charge >= 0.3 is 0 Å². The molecular weight excluding hydrogens is 426 g/mol. The van der Waals surface area contributed by atoms with Crippen LogP contribution < -0.4 is 9.64 Å². The van der Waals surface area contributed by atoms with Crippen molar-refractivity contribution in [2.75, 3.05) is 19.0 Å². The molecule has 32 heavy (non-hydrogen) atoms. The number of nitrogens with zero attached hydrogens (tertiary/aromatic N) is 3. The molecule has 0 unspecified atom stereocenters. The number of anilines is 1. The topological polar surface area (TPSA) is 62.2 Å². The second-order valence-corrected chi connectivity index (χ2v) is 9.14. The predicted octanol–water partition coefficient (Wildman–Crippen LogP) is 4.13. The third-order valence-electron chi connectivity index (χ3n) is 6.61. The van der Waals surface area contributed by atoms with E-state index < -0.39 is 0 Å². The highest BCUT2D eigenvalue weighted by molar-refractivity contribution is 6.31. The number of allylic oxidation sites excluding steroid dienone is 2. The normalized spacial score (nSPS) is 25.8. The Labute approximate surface area is 192 Å². The maximum atomic E-state index is 12.9. The van der Waals surface area contributed by atoms with Gasteiger partial charge in [0.1, 0.15) is 12.4 Å². The van der Waals surface area contributed by atoms with Gasteiger partial charge in [0.05, 0.1) is 18.1 Å². The first-order valence-corrected chi connectivity index (χ1v) is 11.1. The van der Waals surface area contributed by atoms with Crippen LogP contribution in [0.2, 0.25) is 5.02 Å². The first kappa shape index (κ1) is 20.8. The number of rotatable bonds is 6. The summed E-state index contributed by atoms with van der Waals surface area (Å²) < 4.78 is 6.08. The number of hydrogen-bond donors (Lipinski definition) is 0. The summed E-state index contributed by atoms with van der Waals surface area (Å²) in [6.45, 7) is 0.290. The molecule has 2 amide bonds. The zero-order valence-electron chi connectivity index (χ0n) is 17.9. The number of amides is 2. The molecule has 1 aliphatic heterocycles. The fourth-order valence-electron chi connectivity index (χ4n) is 4.92. The number of ether oxygens (including phenoxy) is 1. The molecular formula is C25H24ClN3O3. The number of carbonyl (C=O) groups is 2. The fourth-order valence-corrected chi connectivity index (χ4v) is 5.11. The lowest BCUT2D eigenvalue weighted by molar-refractivity contribution is -0.140. The molecule has 1 saturated heterocycles. The lowest BCUT2D eigenvalue weighted by atomic mass is 9.85. The van der Waals surface area contributed by atoms with Crippen LogP contribution in [0.25, 0.3) is 0 Å². The number of imide groups is 1. The Balaban J connectivity index is 1.39. The lowest BCUT2D eigenvalue weighted by Crippen LogP contribution is -2.28. The van der Waals surface area contributed by atoms with Gasteiger partial charge < -0.3 is 9.64 Å². The molecule has 1 saturated carbocycles. The average molecular weight is 450 g/mol. The molecule has 3 aliphatic rings. The van der Waals surface area contributed by atoms with E-state index in [0.717, 1.165) is 22.7 Å². The Hall–Kier alpha value is -3.12. The van der Waals surface area contributed by atoms with Gasteiger partial charge in [0, 0.05) is 42.0 Å². The van der Waals surface area contributed by atoms with E-state index in [2.05, 4.69) is 17.3 Å². The molecule has 4 atom stereocenters. The van der Waals surface area contributed by atoms with Crippen molar-refractivity contribution in [2.24, 2.45) is 28.8 Å². The first-order chi connectivity index (χ1) is 15.4. The third kappa shape index (κ3) is 3.48. The van der Waals surface area contributed by atoms with Crippen LogP contribution in [0.4, 0.5) is 5.69 Å². The maximum Gasteiger partial charge on any atom is 0.254 e. The zero-order chi connectivity index (χ0) is 22.4. The van der Waals surface area contributed by atoms with E-state index in [9.17, 15) is 9.59 Å². The van der Waals surface area contributed by atoms with E-state index in [1.807, 2.05) is 61.5 Å². The van der Waals surface area contributed by atoms with Crippen LogP contribution in [0.15, 0.2) is 59.7 Å². The number of halogens is 1. The Kier molecular flexibility index (Phi) is 5.25. The summed E-state index contributed by atoms with van der Waals surface area (Å²) in [6, 6.07) is 13.2. The van der Waals surface area contributed by atoms with Gasteiger partial charge in [-0.2, -0.15) is 10.1 Å². The highest BCUT2D eigenvalue weighted by Crippen LogP contribution is 2.52. The highest BCUT2D eigenvalue weighted by atomic mass is 35.5. The van der Waals surface area contributed by atoms with E-state index in [-0.39, 0.29) is 42.1 Å². The Morgan fingerprint density at radius 2 is 1.78 bits per heavy atom. The van der Waals surface area contributed by atoms with Crippen molar-refractivity contribution < 1.29 is 14.3 Å². The summed E-state index contributed by atoms with van der Waals surface area (Å²) in [4.78, 5) is 27.8. The lowest BCUT2D eigenvalue weighted by Gasteiger charge is -2.17. The number of hydrogen-bond acceptors (Lipinski definition) is 5. The van der Waals surface area contributed by atoms with Crippen molar-refractivity contribution in [3.63, 3.8) is 0 Å². The molecule has 164 valence electrons. The van der Waals surface area contributed by atoms with E-state index in [1.54, 1.807) is 0 Å². The minimum Gasteiger partial charge on any atom is -0.488 e. The Morgan fingerprint density at radius 1 is 1.09 bits per heavy atom. The summed E-state index contributed by atoms with van der Waals surface area (Å²) in [5.41, 5.74) is 2.51. The van der Waals surface area contributed by atoms with Gasteiger partial charge in [-0.15, -0.1) is 0 Å². The summed E-state index contributed by atoms with van der Waals surface area (Å²) in [7, 11) is 3.90. The number of hydrazone groups is 1. The van der Waals surface area contributed by atoms with E-state index in [0.29, 0.717) is 16.3 Å². The van der Waals surface area contributed by atoms with Crippen LogP contribution in [-0.2, 0) is 16.2 Å². The van der Waals surface area contributed by atoms with Crippen LogP contribution in [0.1, 0.15) is 17.5 Å². The average Bonchev–Trinajstić information content (AvgIpc) is 3.46. The SMILES string of the molecule is CN(C)c1ccc(C=NN2C(=O)[C@@H]3[C@H](C2=O)[C@H]2C=C[C@H]3C2)c(OCc2ccccc2Cl)c1. The van der Waals surface area contributed by atoms with Crippen LogP contribution in [-0.4, -0.2) is 37.1 Å². The fraction of sp³-hybridized carbons (Fsp3) is 0.320. The minimum atomic E-state index is -0.262. The first-order valence-electron chi connectivity index (χ1n) is 10.7. The molecule has 0 aromatic heterocycles. The Bertz CT molecular complexity index is 1110. The third-order valence-corrected chi connectivity index (χ3v) is 6.98. The molecule has 2 fully saturated rings. The molecule has 0 radical (unpaired) electrons. The van der Waals surface area contributed by atoms with Crippen LogP contribution in [0.5, 0.6) is 5.75 Å². The second kappa shape index (κ2) is 8.10. The van der Waals surface area contributed by atoms with E-state index in [4.69, 9.17) is 16.3 Å². The van der Waals surface area contributed by atoms with Crippen LogP contribution in [0, 0.1) is 23.7 Å². The molecule has 6 nitrogen and oxygen atoms in total. The zero-order valence-corrected chi connectivity index (χ0v) is 18.7. The van der Waals surface area contributed by atoms with E-state index in [1.165, 1.54) is 6.21 Å². The summed E-state index contributed by atoms with van der Waals surface area (Å²) in [5.74, 6) is 0.00323. The predicted molar refractivity (Wildman–Crippen MR) is 124 cm³/mol. The van der Waals surface area contributed by atoms with Gasteiger partial charge in [0.2, 0.25) is 0 Å². The van der Waals surface area contributed by atoms with Crippen molar-refractivity contribution in [3.05, 3.63) is 70.8 Å². The molecule has 5 rings (SSSR count). The van der Waals surface area contributed by atoms with Crippen molar-refractivity contribution in [1.29, 1.82) is 0 Å². The summed E-state index contributed by atoms with van der Waals surface area (Å²) in [5, 5.41) is 5.99. The van der Waals surface area contributed by atoms with Gasteiger partial charge in [0.25, 0.3) is 11.8 Å². The molecule has 2 aromatic rings. The van der Waals surface area contributed by atoms with Gasteiger partial charge in [-0.1, -0.05) is 42.0 Å². The molecule has 2 aliphatic carbocycles. The molecule has 0 N–H and O–H groups in total. The van der Waals surface area contributed by atoms with Crippen molar-refractivity contribution in [3.8, 4) is 5.75 Å². The molecule has 1 heterocycles. The molecule has 2 bridgehead atoms. The minimum absolute atomic E-state index is 0.163. The number of carbonyl (C=O) groups excluding carboxylic acids is 2. The molecule has 7 heteroatoms. The maximum absolute atomic E-state index is 12.9. The summed E-state index contributed by atoms with van der Waals surface area (Å²) >= 11 is 6.27. The largest absolute Gasteiger partial charge is 0.488 e. The van der Waals surface area contributed by atoms with Gasteiger partial charge in [-0.25, -0.2) is 0 Å². The van der Waals surface area contributed by atoms with Gasteiger partial charge in [-0.3, -0.25) is 9.59 Å². The van der Waals surface area contributed by atoms with Gasteiger partial charge in [-0.05, 0) is 36.5 Å². The van der Waals surface area contributed by atoms with Gasteiger partial charge in [0.15, 0.2) is 0 Å².